The molecular weight excluding hydrogens is 1010 g/mol. The van der Waals surface area contributed by atoms with E-state index < -0.39 is 58.1 Å². The summed E-state index contributed by atoms with van der Waals surface area (Å²) in [4.78, 5) is 26.8. The number of hydrogen-bond acceptors (Lipinski definition) is 12. The van der Waals surface area contributed by atoms with E-state index in [9.17, 15) is 45.9 Å². The van der Waals surface area contributed by atoms with Gasteiger partial charge in [0.25, 0.3) is 20.2 Å². The van der Waals surface area contributed by atoms with Crippen molar-refractivity contribution in [3.63, 3.8) is 0 Å². The molecule has 2 aliphatic heterocycles. The number of nitrogens with zero attached hydrogens (tertiary/aromatic N) is 2. The highest BCUT2D eigenvalue weighted by molar-refractivity contribution is 7.86. The van der Waals surface area contributed by atoms with Crippen LogP contribution in [-0.4, -0.2) is 69.8 Å². The minimum Gasteiger partial charge on any atom is -0.784 e. The van der Waals surface area contributed by atoms with Crippen molar-refractivity contribution >= 4 is 54.6 Å². The number of Topliss-reactive ketones (excluding diaryl/α,β-unsaturated/α-hetero) is 2. The molecule has 2 aliphatic rings. The smallest absolute Gasteiger partial charge is 0.294 e. The molecule has 0 aromatic heterocycles. The summed E-state index contributed by atoms with van der Waals surface area (Å²) in [7, 11) is -9.95. The van der Waals surface area contributed by atoms with Crippen LogP contribution in [0.4, 0.5) is 22.7 Å². The minimum absolute atomic E-state index is 0.0759. The van der Waals surface area contributed by atoms with Gasteiger partial charge in [0.15, 0.2) is 0 Å². The number of benzene rings is 5. The summed E-state index contributed by atoms with van der Waals surface area (Å²) in [6, 6.07) is 18.6. The highest BCUT2D eigenvalue weighted by Gasteiger charge is 2.44. The maximum atomic E-state index is 14.1. The van der Waals surface area contributed by atoms with Crippen LogP contribution in [0.1, 0.15) is 159 Å². The Morgan fingerprint density at radius 3 is 1.19 bits per heavy atom. The molecule has 2 fully saturated rings. The van der Waals surface area contributed by atoms with Crippen LogP contribution in [0.15, 0.2) is 76.5 Å². The van der Waals surface area contributed by atoms with E-state index in [1.165, 1.54) is 6.07 Å². The molecule has 14 nitrogen and oxygen atoms in total. The molecule has 5 aromatic carbocycles. The number of hydrogen-bond donors (Lipinski definition) is 4. The Morgan fingerprint density at radius 1 is 0.519 bits per heavy atom. The van der Waals surface area contributed by atoms with Gasteiger partial charge in [-0.2, -0.15) is 16.8 Å². The Balaban J connectivity index is 1.24. The van der Waals surface area contributed by atoms with Gasteiger partial charge in [0.05, 0.1) is 9.79 Å². The molecular formula is C61H78N4O10S2-2. The lowest BCUT2D eigenvalue weighted by atomic mass is 9.72. The van der Waals surface area contributed by atoms with E-state index in [0.29, 0.717) is 48.2 Å². The molecule has 0 amide bonds. The topological polar surface area (TPSA) is 220 Å². The molecule has 416 valence electrons. The van der Waals surface area contributed by atoms with Gasteiger partial charge >= 0.3 is 0 Å². The third kappa shape index (κ3) is 12.2. The second-order valence-corrected chi connectivity index (χ2v) is 27.6. The SMILES string of the molecule is Cc1cc(Nc2c(C)cc(C)c(CC(=O)C3CC(C)(C)N([O-])C(C)(C)C3)c2C)ccc1C(c1ccc(Nc2c(C)cc(C)c(CC(=O)C3CC(C)(C)N([O-])C(C)(C)C3)c2C)cc1C)c1ccc(S(=O)(=O)O)cc1S(=O)(=O)O. The van der Waals surface area contributed by atoms with E-state index in [1.807, 2.05) is 147 Å². The predicted molar refractivity (Wildman–Crippen MR) is 307 cm³/mol. The summed E-state index contributed by atoms with van der Waals surface area (Å²) in [5.74, 6) is -1.24. The second kappa shape index (κ2) is 21.1. The molecule has 0 spiro atoms. The summed E-state index contributed by atoms with van der Waals surface area (Å²) in [6.45, 7) is 30.9. The molecule has 0 radical (unpaired) electrons. The Kier molecular flexibility index (Phi) is 16.2. The van der Waals surface area contributed by atoms with Crippen LogP contribution in [0, 0.1) is 77.6 Å². The van der Waals surface area contributed by atoms with E-state index in [0.717, 1.165) is 89.3 Å². The third-order valence-electron chi connectivity index (χ3n) is 16.6. The van der Waals surface area contributed by atoms with Gasteiger partial charge in [-0.05, 0) is 245 Å². The average Bonchev–Trinajstić information content (AvgIpc) is 3.30. The molecule has 77 heavy (non-hydrogen) atoms. The van der Waals surface area contributed by atoms with E-state index in [4.69, 9.17) is 0 Å². The van der Waals surface area contributed by atoms with Crippen LogP contribution in [0.25, 0.3) is 0 Å². The van der Waals surface area contributed by atoms with Gasteiger partial charge in [0.1, 0.15) is 11.6 Å². The van der Waals surface area contributed by atoms with Gasteiger partial charge in [-0.15, -0.1) is 0 Å². The van der Waals surface area contributed by atoms with Crippen LogP contribution in [0.5, 0.6) is 0 Å². The monoisotopic (exact) mass is 1090 g/mol. The van der Waals surface area contributed by atoms with Crippen LogP contribution in [0.3, 0.4) is 0 Å². The molecule has 16 heteroatoms. The predicted octanol–water partition coefficient (Wildman–Crippen LogP) is 13.1. The number of nitrogens with one attached hydrogen (secondary N) is 2. The van der Waals surface area contributed by atoms with Crippen molar-refractivity contribution in [1.82, 2.24) is 10.1 Å². The molecule has 2 heterocycles. The fourth-order valence-corrected chi connectivity index (χ4v) is 14.4. The number of piperidine rings is 2. The van der Waals surface area contributed by atoms with Crippen molar-refractivity contribution in [2.75, 3.05) is 10.6 Å². The van der Waals surface area contributed by atoms with Gasteiger partial charge in [0.2, 0.25) is 0 Å². The molecule has 4 N–H and O–H groups in total. The van der Waals surface area contributed by atoms with E-state index >= 15 is 0 Å². The van der Waals surface area contributed by atoms with Gasteiger partial charge in [0, 0.05) is 75.5 Å². The number of anilines is 4. The van der Waals surface area contributed by atoms with E-state index in [-0.39, 0.29) is 41.8 Å². The first-order valence-electron chi connectivity index (χ1n) is 26.4. The number of carbonyl (C=O) groups is 2. The third-order valence-corrected chi connectivity index (χ3v) is 18.4. The Bertz CT molecular complexity index is 3210. The van der Waals surface area contributed by atoms with Gasteiger partial charge in [-0.25, -0.2) is 0 Å². The Labute approximate surface area is 457 Å². The van der Waals surface area contributed by atoms with Crippen LogP contribution >= 0.6 is 0 Å². The molecule has 7 rings (SSSR count). The van der Waals surface area contributed by atoms with Crippen LogP contribution < -0.4 is 10.6 Å². The van der Waals surface area contributed by atoms with Crippen LogP contribution in [0.2, 0.25) is 0 Å². The fourth-order valence-electron chi connectivity index (χ4n) is 13.1. The molecule has 0 saturated carbocycles. The Hall–Kier alpha value is -5.30. The number of carbonyl (C=O) groups excluding carboxylic acids is 2. The van der Waals surface area contributed by atoms with Gasteiger partial charge in [-0.3, -0.25) is 18.7 Å². The zero-order valence-corrected chi connectivity index (χ0v) is 49.3. The fraction of sp³-hybridized carbons (Fsp3) is 0.475. The van der Waals surface area contributed by atoms with E-state index in [1.54, 1.807) is 0 Å². The Morgan fingerprint density at radius 2 is 0.870 bits per heavy atom. The first kappa shape index (κ1) is 59.4. The maximum absolute atomic E-state index is 14.1. The first-order valence-corrected chi connectivity index (χ1v) is 29.3. The number of ketones is 2. The quantitative estimate of drug-likeness (QED) is 0.0566. The lowest BCUT2D eigenvalue weighted by Gasteiger charge is -2.59. The zero-order chi connectivity index (χ0) is 57.4. The molecule has 0 unspecified atom stereocenters. The summed E-state index contributed by atoms with van der Waals surface area (Å²) in [6.07, 6.45) is 2.32. The normalized spacial score (nSPS) is 18.1. The molecule has 5 aromatic rings. The summed E-state index contributed by atoms with van der Waals surface area (Å²) >= 11 is 0. The molecule has 0 atom stereocenters. The average molecular weight is 1090 g/mol. The number of aryl methyl sites for hydroxylation is 6. The minimum atomic E-state index is -5.08. The van der Waals surface area contributed by atoms with E-state index in [2.05, 4.69) is 22.8 Å². The summed E-state index contributed by atoms with van der Waals surface area (Å²) in [5, 5.41) is 35.7. The van der Waals surface area contributed by atoms with Crippen LogP contribution in [-0.2, 0) is 42.7 Å². The van der Waals surface area contributed by atoms with Crippen molar-refractivity contribution < 1.29 is 35.5 Å². The number of rotatable bonds is 15. The van der Waals surface area contributed by atoms with Crippen molar-refractivity contribution in [3.8, 4) is 0 Å². The standard InChI is InChI=1S/C61H78N4O10S2/c1-34-23-38(5)56(40(7)50(34)28-52(66)42-30-58(9,10)64(68)59(11,12)31-42)62-44-17-20-47(36(3)25-44)55(49-22-19-46(76(70,71)72)27-54(49)77(73,74)75)48-21-18-45(26-37(48)4)63-57-39(6)24-35(2)51(41(57)8)29-53(67)43-32-60(13,14)65(69)61(15,16)33-43/h17-27,42-43,55,62-63H,28-33H2,1-16H3,(H,70,71,72)(H,73,74,75)/q-2. The second-order valence-electron chi connectivity index (χ2n) is 24.8. The van der Waals surface area contributed by atoms with Crippen molar-refractivity contribution in [3.05, 3.63) is 149 Å². The summed E-state index contributed by atoms with van der Waals surface area (Å²) < 4.78 is 72.0. The van der Waals surface area contributed by atoms with Crippen molar-refractivity contribution in [2.45, 2.75) is 187 Å². The first-order chi connectivity index (χ1) is 35.3. The highest BCUT2D eigenvalue weighted by atomic mass is 32.2. The maximum Gasteiger partial charge on any atom is 0.294 e. The largest absolute Gasteiger partial charge is 0.784 e. The molecule has 0 aliphatic carbocycles. The molecule has 2 saturated heterocycles. The highest BCUT2D eigenvalue weighted by Crippen LogP contribution is 2.45. The van der Waals surface area contributed by atoms with Crippen molar-refractivity contribution in [1.29, 1.82) is 0 Å². The van der Waals surface area contributed by atoms with Crippen molar-refractivity contribution in [2.24, 2.45) is 11.8 Å². The van der Waals surface area contributed by atoms with Gasteiger partial charge < -0.3 is 31.2 Å². The number of hydroxylamine groups is 4. The molecule has 0 bridgehead atoms. The van der Waals surface area contributed by atoms with Gasteiger partial charge in [-0.1, -0.05) is 30.3 Å². The summed E-state index contributed by atoms with van der Waals surface area (Å²) in [5.41, 5.74) is 10.8. The lowest BCUT2D eigenvalue weighted by Crippen LogP contribution is -2.58. The lowest BCUT2D eigenvalue weighted by molar-refractivity contribution is -0.129. The zero-order valence-electron chi connectivity index (χ0n) is 47.7.